The topological polar surface area (TPSA) is 80.9 Å². The minimum atomic E-state index is -0.224. The van der Waals surface area contributed by atoms with Crippen LogP contribution in [0.4, 0.5) is 11.4 Å². The van der Waals surface area contributed by atoms with Gasteiger partial charge in [-0.2, -0.15) is 0 Å². The highest BCUT2D eigenvalue weighted by molar-refractivity contribution is 6.02. The Bertz CT molecular complexity index is 608. The van der Waals surface area contributed by atoms with E-state index in [0.29, 0.717) is 11.4 Å². The second-order valence-electron chi connectivity index (χ2n) is 4.07. The van der Waals surface area contributed by atoms with Crippen LogP contribution in [0.15, 0.2) is 43.0 Å². The van der Waals surface area contributed by atoms with Crippen molar-refractivity contribution < 1.29 is 4.79 Å². The van der Waals surface area contributed by atoms with Crippen LogP contribution < -0.4 is 11.1 Å². The summed E-state index contributed by atoms with van der Waals surface area (Å²) < 4.78 is 0. The van der Waals surface area contributed by atoms with Crippen molar-refractivity contribution in [3.63, 3.8) is 0 Å². The molecule has 0 fully saturated rings. The van der Waals surface area contributed by atoms with Crippen LogP contribution in [0.5, 0.6) is 0 Å². The minimum Gasteiger partial charge on any atom is -0.399 e. The number of nitrogens with zero attached hydrogens (tertiary/aromatic N) is 2. The third kappa shape index (κ3) is 3.64. The van der Waals surface area contributed by atoms with Gasteiger partial charge in [0.25, 0.3) is 0 Å². The van der Waals surface area contributed by atoms with E-state index >= 15 is 0 Å². The largest absolute Gasteiger partial charge is 0.399 e. The lowest BCUT2D eigenvalue weighted by Gasteiger charge is -2.07. The minimum absolute atomic E-state index is 0.224. The highest BCUT2D eigenvalue weighted by atomic mass is 16.1. The zero-order chi connectivity index (χ0) is 13.7. The van der Waals surface area contributed by atoms with Gasteiger partial charge in [0.15, 0.2) is 0 Å². The standard InChI is InChI=1S/C14H14N4O/c1-10-2-4-12(15)6-13(10)18-14(19)5-3-11-7-16-9-17-8-11/h2-9H,15H2,1H3,(H,18,19)/b5-3+. The fourth-order valence-electron chi connectivity index (χ4n) is 1.52. The maximum atomic E-state index is 11.8. The fourth-order valence-corrected chi connectivity index (χ4v) is 1.52. The highest BCUT2D eigenvalue weighted by Gasteiger charge is 2.02. The van der Waals surface area contributed by atoms with Gasteiger partial charge in [0.1, 0.15) is 6.33 Å². The molecule has 1 aromatic heterocycles. The van der Waals surface area contributed by atoms with Crippen molar-refractivity contribution in [2.75, 3.05) is 11.1 Å². The molecule has 2 rings (SSSR count). The molecule has 0 saturated heterocycles. The predicted octanol–water partition coefficient (Wildman–Crippen LogP) is 2.02. The van der Waals surface area contributed by atoms with Crippen LogP contribution in [0.3, 0.4) is 0 Å². The summed E-state index contributed by atoms with van der Waals surface area (Å²) in [5.41, 5.74) is 8.73. The molecule has 0 spiro atoms. The molecule has 1 amide bonds. The summed E-state index contributed by atoms with van der Waals surface area (Å²) in [7, 11) is 0. The van der Waals surface area contributed by atoms with Gasteiger partial charge in [-0.15, -0.1) is 0 Å². The molecule has 3 N–H and O–H groups in total. The molecule has 0 atom stereocenters. The monoisotopic (exact) mass is 254 g/mol. The molecule has 2 aromatic rings. The molecule has 0 aliphatic heterocycles. The lowest BCUT2D eigenvalue weighted by molar-refractivity contribution is -0.111. The summed E-state index contributed by atoms with van der Waals surface area (Å²) in [5, 5.41) is 2.77. The molecule has 5 nitrogen and oxygen atoms in total. The molecule has 5 heteroatoms. The average molecular weight is 254 g/mol. The Morgan fingerprint density at radius 2 is 2.05 bits per heavy atom. The number of hydrogen-bond donors (Lipinski definition) is 2. The Morgan fingerprint density at radius 1 is 1.32 bits per heavy atom. The van der Waals surface area contributed by atoms with E-state index in [9.17, 15) is 4.79 Å². The van der Waals surface area contributed by atoms with Crippen LogP contribution >= 0.6 is 0 Å². The second-order valence-corrected chi connectivity index (χ2v) is 4.07. The third-order valence-corrected chi connectivity index (χ3v) is 2.53. The number of rotatable bonds is 3. The lowest BCUT2D eigenvalue weighted by atomic mass is 10.2. The Kier molecular flexibility index (Phi) is 3.87. The number of carbonyl (C=O) groups excluding carboxylic acids is 1. The summed E-state index contributed by atoms with van der Waals surface area (Å²) in [4.78, 5) is 19.5. The zero-order valence-electron chi connectivity index (χ0n) is 10.5. The van der Waals surface area contributed by atoms with Gasteiger partial charge >= 0.3 is 0 Å². The van der Waals surface area contributed by atoms with Crippen LogP contribution in [-0.4, -0.2) is 15.9 Å². The molecule has 96 valence electrons. The third-order valence-electron chi connectivity index (χ3n) is 2.53. The van der Waals surface area contributed by atoms with Crippen LogP contribution in [0.2, 0.25) is 0 Å². The van der Waals surface area contributed by atoms with Gasteiger partial charge in [0, 0.05) is 35.4 Å². The number of nitrogen functional groups attached to an aromatic ring is 1. The first-order valence-electron chi connectivity index (χ1n) is 5.75. The van der Waals surface area contributed by atoms with Crippen molar-refractivity contribution in [1.82, 2.24) is 9.97 Å². The summed E-state index contributed by atoms with van der Waals surface area (Å²) in [5.74, 6) is -0.224. The molecular weight excluding hydrogens is 240 g/mol. The Hall–Kier alpha value is -2.69. The fraction of sp³-hybridized carbons (Fsp3) is 0.0714. The Labute approximate surface area is 111 Å². The molecule has 1 heterocycles. The summed E-state index contributed by atoms with van der Waals surface area (Å²) >= 11 is 0. The molecule has 0 bridgehead atoms. The number of nitrogens with one attached hydrogen (secondary N) is 1. The summed E-state index contributed by atoms with van der Waals surface area (Å²) in [6, 6.07) is 5.38. The maximum Gasteiger partial charge on any atom is 0.248 e. The van der Waals surface area contributed by atoms with Crippen molar-refractivity contribution in [2.45, 2.75) is 6.92 Å². The Balaban J connectivity index is 2.06. The van der Waals surface area contributed by atoms with Gasteiger partial charge in [-0.25, -0.2) is 9.97 Å². The normalized spacial score (nSPS) is 10.6. The van der Waals surface area contributed by atoms with E-state index in [2.05, 4.69) is 15.3 Å². The van der Waals surface area contributed by atoms with E-state index in [-0.39, 0.29) is 5.91 Å². The van der Waals surface area contributed by atoms with Gasteiger partial charge in [-0.1, -0.05) is 6.07 Å². The van der Waals surface area contributed by atoms with Gasteiger partial charge < -0.3 is 11.1 Å². The quantitative estimate of drug-likeness (QED) is 0.648. The number of anilines is 2. The van der Waals surface area contributed by atoms with Gasteiger partial charge in [-0.05, 0) is 30.7 Å². The lowest BCUT2D eigenvalue weighted by Crippen LogP contribution is -2.09. The predicted molar refractivity (Wildman–Crippen MR) is 75.3 cm³/mol. The Morgan fingerprint density at radius 3 is 2.79 bits per heavy atom. The number of benzene rings is 1. The van der Waals surface area contributed by atoms with E-state index in [1.165, 1.54) is 12.4 Å². The maximum absolute atomic E-state index is 11.8. The number of aromatic nitrogens is 2. The number of hydrogen-bond acceptors (Lipinski definition) is 4. The first-order valence-corrected chi connectivity index (χ1v) is 5.75. The van der Waals surface area contributed by atoms with Crippen molar-refractivity contribution in [2.24, 2.45) is 0 Å². The van der Waals surface area contributed by atoms with E-state index in [0.717, 1.165) is 11.1 Å². The van der Waals surface area contributed by atoms with Crippen LogP contribution in [0.1, 0.15) is 11.1 Å². The van der Waals surface area contributed by atoms with E-state index in [4.69, 9.17) is 5.73 Å². The van der Waals surface area contributed by atoms with Crippen LogP contribution in [0.25, 0.3) is 6.08 Å². The van der Waals surface area contributed by atoms with Gasteiger partial charge in [0.05, 0.1) is 0 Å². The molecule has 0 aliphatic rings. The van der Waals surface area contributed by atoms with Crippen molar-refractivity contribution in [1.29, 1.82) is 0 Å². The second kappa shape index (κ2) is 5.77. The molecule has 0 radical (unpaired) electrons. The molecule has 19 heavy (non-hydrogen) atoms. The van der Waals surface area contributed by atoms with Crippen molar-refractivity contribution in [3.8, 4) is 0 Å². The molecule has 0 aliphatic carbocycles. The van der Waals surface area contributed by atoms with Crippen LogP contribution in [0, 0.1) is 6.92 Å². The molecule has 0 saturated carbocycles. The summed E-state index contributed by atoms with van der Waals surface area (Å²) in [6.07, 6.45) is 7.77. The summed E-state index contributed by atoms with van der Waals surface area (Å²) in [6.45, 7) is 1.91. The van der Waals surface area contributed by atoms with Crippen LogP contribution in [-0.2, 0) is 4.79 Å². The number of aryl methyl sites for hydroxylation is 1. The SMILES string of the molecule is Cc1ccc(N)cc1NC(=O)/C=C/c1cncnc1. The molecule has 1 aromatic carbocycles. The molecular formula is C14H14N4O. The number of amides is 1. The smallest absolute Gasteiger partial charge is 0.248 e. The number of nitrogens with two attached hydrogens (primary N) is 1. The average Bonchev–Trinajstić information content (AvgIpc) is 2.42. The first kappa shape index (κ1) is 12.8. The van der Waals surface area contributed by atoms with E-state index in [1.807, 2.05) is 13.0 Å². The van der Waals surface area contributed by atoms with E-state index < -0.39 is 0 Å². The van der Waals surface area contributed by atoms with Crippen molar-refractivity contribution >= 4 is 23.4 Å². The van der Waals surface area contributed by atoms with Gasteiger partial charge in [-0.3, -0.25) is 4.79 Å². The van der Waals surface area contributed by atoms with E-state index in [1.54, 1.807) is 30.6 Å². The zero-order valence-corrected chi connectivity index (χ0v) is 10.5. The highest BCUT2D eigenvalue weighted by Crippen LogP contribution is 2.18. The molecule has 0 unspecified atom stereocenters. The van der Waals surface area contributed by atoms with Gasteiger partial charge in [0.2, 0.25) is 5.91 Å². The number of carbonyl (C=O) groups is 1. The first-order chi connectivity index (χ1) is 9.15. The van der Waals surface area contributed by atoms with Crippen molar-refractivity contribution in [3.05, 3.63) is 54.1 Å².